The van der Waals surface area contributed by atoms with E-state index in [4.69, 9.17) is 5.11 Å². The van der Waals surface area contributed by atoms with Crippen LogP contribution < -0.4 is 9.67 Å². The Bertz CT molecular complexity index is 346. The number of aromatic nitrogens is 2. The number of hydrogen-bond acceptors (Lipinski definition) is 3. The number of hydrogen-bond donors (Lipinski definition) is 1. The Morgan fingerprint density at radius 1 is 1.65 bits per heavy atom. The molecule has 1 N–H and O–H groups in total. The van der Waals surface area contributed by atoms with E-state index in [0.717, 1.165) is 13.5 Å². The second-order valence-electron chi connectivity index (χ2n) is 4.00. The predicted octanol–water partition coefficient (Wildman–Crippen LogP) is -0.462. The third-order valence-electron chi connectivity index (χ3n) is 2.49. The topological polar surface area (TPSA) is 69.2 Å². The summed E-state index contributed by atoms with van der Waals surface area (Å²) in [6.07, 6.45) is 5.44. The van der Waals surface area contributed by atoms with Crippen LogP contribution in [0.4, 0.5) is 0 Å². The van der Waals surface area contributed by atoms with Gasteiger partial charge in [0.15, 0.2) is 0 Å². The van der Waals surface area contributed by atoms with Gasteiger partial charge in [-0.3, -0.25) is 0 Å². The molecule has 0 aliphatic heterocycles. The van der Waals surface area contributed by atoms with Crippen molar-refractivity contribution < 1.29 is 19.6 Å². The van der Waals surface area contributed by atoms with Crippen molar-refractivity contribution in [2.45, 2.75) is 46.3 Å². The number of carbonyl (C=O) groups is 1. The van der Waals surface area contributed by atoms with Crippen LogP contribution in [0.5, 0.6) is 0 Å². The molecule has 1 aromatic rings. The predicted molar refractivity (Wildman–Crippen MR) is 61.9 cm³/mol. The van der Waals surface area contributed by atoms with Gasteiger partial charge in [-0.15, -0.1) is 0 Å². The fourth-order valence-corrected chi connectivity index (χ4v) is 1.16. The van der Waals surface area contributed by atoms with Gasteiger partial charge in [-0.2, -0.15) is 0 Å². The Labute approximate surface area is 102 Å². The number of imidazole rings is 1. The molecule has 0 saturated carbocycles. The highest BCUT2D eigenvalue weighted by Gasteiger charge is 2.06. The summed E-state index contributed by atoms with van der Waals surface area (Å²) in [5.74, 6) is -0.103. The monoisotopic (exact) mass is 242 g/mol. The second-order valence-corrected chi connectivity index (χ2v) is 4.00. The standard InChI is InChI=1S/C9H17N2.C3H6O3/c1-4-5-6-11-8-7-10(3)9(11)2;1-2(4)3(5)6/h7-8H,4-6H2,1-3H3;2,4H,1H3,(H,5,6)/q+1;/p-1. The molecule has 98 valence electrons. The van der Waals surface area contributed by atoms with E-state index < -0.39 is 12.1 Å². The van der Waals surface area contributed by atoms with Crippen molar-refractivity contribution in [3.05, 3.63) is 18.2 Å². The number of aliphatic hydroxyl groups excluding tert-OH is 1. The molecule has 1 heterocycles. The van der Waals surface area contributed by atoms with E-state index in [1.54, 1.807) is 0 Å². The second kappa shape index (κ2) is 7.84. The number of nitrogens with zero attached hydrogens (tertiary/aromatic N) is 2. The van der Waals surface area contributed by atoms with Crippen LogP contribution in [0.1, 0.15) is 32.5 Å². The lowest BCUT2D eigenvalue weighted by Crippen LogP contribution is -2.32. The number of aliphatic carboxylic acids is 1. The fraction of sp³-hybridized carbons (Fsp3) is 0.667. The molecule has 0 fully saturated rings. The van der Waals surface area contributed by atoms with Gasteiger partial charge in [-0.05, 0) is 13.3 Å². The Morgan fingerprint density at radius 3 is 2.47 bits per heavy atom. The lowest BCUT2D eigenvalue weighted by Gasteiger charge is -2.00. The summed E-state index contributed by atoms with van der Waals surface area (Å²) in [5, 5.41) is 17.3. The van der Waals surface area contributed by atoms with Gasteiger partial charge in [0.05, 0.1) is 25.7 Å². The van der Waals surface area contributed by atoms with E-state index in [0.29, 0.717) is 0 Å². The molecule has 1 rings (SSSR count). The first-order chi connectivity index (χ1) is 7.90. The van der Waals surface area contributed by atoms with Gasteiger partial charge >= 0.3 is 0 Å². The maximum atomic E-state index is 9.34. The molecule has 0 radical (unpaired) electrons. The van der Waals surface area contributed by atoms with E-state index in [2.05, 4.69) is 42.4 Å². The molecule has 1 unspecified atom stereocenters. The molecular formula is C12H22N2O3. The van der Waals surface area contributed by atoms with Crippen molar-refractivity contribution in [3.63, 3.8) is 0 Å². The van der Waals surface area contributed by atoms with E-state index in [9.17, 15) is 9.90 Å². The van der Waals surface area contributed by atoms with Gasteiger partial charge in [0.25, 0.3) is 5.82 Å². The van der Waals surface area contributed by atoms with Crippen molar-refractivity contribution in [1.29, 1.82) is 0 Å². The first-order valence-corrected chi connectivity index (χ1v) is 5.80. The zero-order valence-corrected chi connectivity index (χ0v) is 11.0. The molecule has 1 atom stereocenters. The summed E-state index contributed by atoms with van der Waals surface area (Å²) in [7, 11) is 2.08. The van der Waals surface area contributed by atoms with Gasteiger partial charge in [0.1, 0.15) is 12.4 Å². The number of unbranched alkanes of at least 4 members (excludes halogenated alkanes) is 1. The highest BCUT2D eigenvalue weighted by molar-refractivity contribution is 5.68. The van der Waals surface area contributed by atoms with Crippen molar-refractivity contribution in [2.24, 2.45) is 7.05 Å². The van der Waals surface area contributed by atoms with Crippen LogP contribution in [-0.4, -0.2) is 21.7 Å². The van der Waals surface area contributed by atoms with Crippen molar-refractivity contribution >= 4 is 5.97 Å². The Hall–Kier alpha value is -1.36. The first kappa shape index (κ1) is 15.6. The van der Waals surface area contributed by atoms with Crippen molar-refractivity contribution in [2.75, 3.05) is 0 Å². The summed E-state index contributed by atoms with van der Waals surface area (Å²) >= 11 is 0. The molecule has 0 aromatic carbocycles. The average Bonchev–Trinajstić information content (AvgIpc) is 2.58. The molecular weight excluding hydrogens is 220 g/mol. The average molecular weight is 242 g/mol. The van der Waals surface area contributed by atoms with Crippen LogP contribution in [0.3, 0.4) is 0 Å². The molecule has 5 heteroatoms. The minimum atomic E-state index is -1.44. The molecule has 0 aliphatic rings. The molecule has 17 heavy (non-hydrogen) atoms. The lowest BCUT2D eigenvalue weighted by molar-refractivity contribution is -0.677. The summed E-state index contributed by atoms with van der Waals surface area (Å²) in [6, 6.07) is 0. The van der Waals surface area contributed by atoms with Gasteiger partial charge in [-0.25, -0.2) is 9.13 Å². The van der Waals surface area contributed by atoms with Gasteiger partial charge in [-0.1, -0.05) is 13.3 Å². The van der Waals surface area contributed by atoms with Gasteiger partial charge < -0.3 is 15.0 Å². The van der Waals surface area contributed by atoms with E-state index in [1.165, 1.54) is 18.7 Å². The highest BCUT2D eigenvalue weighted by Crippen LogP contribution is 1.96. The van der Waals surface area contributed by atoms with E-state index >= 15 is 0 Å². The van der Waals surface area contributed by atoms with E-state index in [1.807, 2.05) is 0 Å². The number of aryl methyl sites for hydroxylation is 2. The minimum Gasteiger partial charge on any atom is -0.547 e. The normalized spacial score (nSPS) is 11.6. The van der Waals surface area contributed by atoms with Crippen LogP contribution in [-0.2, 0) is 18.4 Å². The van der Waals surface area contributed by atoms with Crippen LogP contribution in [0.15, 0.2) is 12.4 Å². The van der Waals surface area contributed by atoms with Crippen molar-refractivity contribution in [1.82, 2.24) is 4.57 Å². The zero-order valence-electron chi connectivity index (χ0n) is 11.0. The lowest BCUT2D eigenvalue weighted by atomic mass is 10.3. The number of carbonyl (C=O) groups excluding carboxylic acids is 1. The summed E-state index contributed by atoms with van der Waals surface area (Å²) < 4.78 is 4.44. The van der Waals surface area contributed by atoms with Gasteiger partial charge in [0.2, 0.25) is 0 Å². The maximum Gasteiger partial charge on any atom is 0.253 e. The maximum absolute atomic E-state index is 9.34. The Kier molecular flexibility index (Phi) is 7.21. The number of carboxylic acid groups (broad SMARTS) is 1. The van der Waals surface area contributed by atoms with E-state index in [-0.39, 0.29) is 0 Å². The fourth-order valence-electron chi connectivity index (χ4n) is 1.16. The third-order valence-corrected chi connectivity index (χ3v) is 2.49. The number of aliphatic hydroxyl groups is 1. The summed E-state index contributed by atoms with van der Waals surface area (Å²) in [6.45, 7) is 6.66. The quantitative estimate of drug-likeness (QED) is 0.726. The molecule has 0 spiro atoms. The molecule has 5 nitrogen and oxygen atoms in total. The Morgan fingerprint density at radius 2 is 2.18 bits per heavy atom. The van der Waals surface area contributed by atoms with Crippen molar-refractivity contribution in [3.8, 4) is 0 Å². The molecule has 0 bridgehead atoms. The summed E-state index contributed by atoms with van der Waals surface area (Å²) in [5.41, 5.74) is 0. The van der Waals surface area contributed by atoms with Crippen LogP contribution in [0, 0.1) is 6.92 Å². The minimum absolute atomic E-state index is 1.13. The van der Waals surface area contributed by atoms with Crippen LogP contribution in [0.2, 0.25) is 0 Å². The third kappa shape index (κ3) is 6.06. The largest absolute Gasteiger partial charge is 0.547 e. The molecule has 0 aliphatic carbocycles. The SMILES string of the molecule is CC(O)C(=O)[O-].CCCCn1cc[n+](C)c1C. The number of carboxylic acids is 1. The molecule has 1 aromatic heterocycles. The Balaban J connectivity index is 0.000000366. The van der Waals surface area contributed by atoms with Crippen LogP contribution >= 0.6 is 0 Å². The number of rotatable bonds is 4. The van der Waals surface area contributed by atoms with Gasteiger partial charge in [0, 0.05) is 6.92 Å². The smallest absolute Gasteiger partial charge is 0.253 e. The summed E-state index contributed by atoms with van der Waals surface area (Å²) in [4.78, 5) is 9.34. The molecule has 0 saturated heterocycles. The zero-order chi connectivity index (χ0) is 13.4. The molecule has 0 amide bonds. The highest BCUT2D eigenvalue weighted by atomic mass is 16.4. The van der Waals surface area contributed by atoms with Crippen LogP contribution in [0.25, 0.3) is 0 Å². The first-order valence-electron chi connectivity index (χ1n) is 5.80.